The predicted molar refractivity (Wildman–Crippen MR) is 89.7 cm³/mol. The van der Waals surface area contributed by atoms with Gasteiger partial charge in [-0.05, 0) is 30.3 Å². The van der Waals surface area contributed by atoms with E-state index in [2.05, 4.69) is 15.3 Å². The fourth-order valence-corrected chi connectivity index (χ4v) is 2.36. The molecule has 0 saturated heterocycles. The van der Waals surface area contributed by atoms with Gasteiger partial charge in [0.25, 0.3) is 5.91 Å². The second kappa shape index (κ2) is 7.16. The molecule has 9 heteroatoms. The summed E-state index contributed by atoms with van der Waals surface area (Å²) in [6.07, 6.45) is 4.04. The molecule has 3 N–H and O–H groups in total. The van der Waals surface area contributed by atoms with Crippen LogP contribution in [0.25, 0.3) is 0 Å². The first-order chi connectivity index (χ1) is 12.9. The molecule has 0 spiro atoms. The predicted octanol–water partition coefficient (Wildman–Crippen LogP) is 2.87. The van der Waals surface area contributed by atoms with E-state index in [1.54, 1.807) is 12.1 Å². The van der Waals surface area contributed by atoms with Gasteiger partial charge in [0.15, 0.2) is 5.82 Å². The van der Waals surface area contributed by atoms with Crippen LogP contribution in [-0.2, 0) is 0 Å². The number of nitrogens with zero attached hydrogens (tertiary/aromatic N) is 1. The highest BCUT2D eigenvalue weighted by molar-refractivity contribution is 6.12. The lowest BCUT2D eigenvalue weighted by Crippen LogP contribution is -2.13. The van der Waals surface area contributed by atoms with Crippen molar-refractivity contribution in [1.82, 2.24) is 9.97 Å². The van der Waals surface area contributed by atoms with E-state index in [1.807, 2.05) is 0 Å². The Kier molecular flexibility index (Phi) is 4.75. The smallest absolute Gasteiger partial charge is 0.338 e. The van der Waals surface area contributed by atoms with Crippen LogP contribution in [0.5, 0.6) is 0 Å². The maximum Gasteiger partial charge on any atom is 0.338 e. The van der Waals surface area contributed by atoms with Crippen LogP contribution in [0.15, 0.2) is 48.9 Å². The van der Waals surface area contributed by atoms with Crippen LogP contribution in [0.1, 0.15) is 36.8 Å². The second-order valence-electron chi connectivity index (χ2n) is 5.42. The highest BCUT2D eigenvalue weighted by Crippen LogP contribution is 2.21. The second-order valence-corrected chi connectivity index (χ2v) is 5.42. The molecule has 136 valence electrons. The third kappa shape index (κ3) is 3.56. The average Bonchev–Trinajstić information content (AvgIpc) is 3.12. The summed E-state index contributed by atoms with van der Waals surface area (Å²) in [6.45, 7) is 0. The number of rotatable bonds is 5. The number of hydrogen-bond acceptors (Lipinski definition) is 4. The number of anilines is 1. The van der Waals surface area contributed by atoms with E-state index in [-0.39, 0.29) is 11.3 Å². The highest BCUT2D eigenvalue weighted by atomic mass is 19.1. The summed E-state index contributed by atoms with van der Waals surface area (Å²) in [7, 11) is 0. The Labute approximate surface area is 150 Å². The first-order valence-electron chi connectivity index (χ1n) is 7.54. The highest BCUT2D eigenvalue weighted by Gasteiger charge is 2.25. The summed E-state index contributed by atoms with van der Waals surface area (Å²) in [4.78, 5) is 41.9. The number of aromatic carboxylic acids is 1. The first-order valence-corrected chi connectivity index (χ1v) is 7.54. The normalized spacial score (nSPS) is 10.4. The third-order valence-corrected chi connectivity index (χ3v) is 3.66. The number of benzene rings is 1. The fraction of sp³-hybridized carbons (Fsp3) is 0. The molecule has 3 aromatic rings. The summed E-state index contributed by atoms with van der Waals surface area (Å²) in [6, 6.07) is 5.75. The number of carboxylic acids is 1. The number of aromatic amines is 1. The van der Waals surface area contributed by atoms with Crippen molar-refractivity contribution in [3.8, 4) is 0 Å². The molecule has 0 radical (unpaired) electrons. The van der Waals surface area contributed by atoms with Gasteiger partial charge >= 0.3 is 5.97 Å². The van der Waals surface area contributed by atoms with Crippen LogP contribution in [0.4, 0.5) is 14.5 Å². The zero-order valence-corrected chi connectivity index (χ0v) is 13.5. The lowest BCUT2D eigenvalue weighted by atomic mass is 10.0. The lowest BCUT2D eigenvalue weighted by Gasteiger charge is -2.05. The Balaban J connectivity index is 1.89. The Hall–Kier alpha value is -3.88. The van der Waals surface area contributed by atoms with E-state index in [1.165, 1.54) is 12.4 Å². The minimum Gasteiger partial charge on any atom is -0.478 e. The van der Waals surface area contributed by atoms with Crippen LogP contribution in [0.3, 0.4) is 0 Å². The standard InChI is InChI=1S/C18H11F2N3O4/c19-12-4-3-11(18(26)27)15(20)14(12)16(24)9-6-13(22-7-9)17(25)23-10-2-1-5-21-8-10/h1-8,22H,(H,23,25)(H,26,27). The molecule has 1 aromatic carbocycles. The number of carboxylic acid groups (broad SMARTS) is 1. The summed E-state index contributed by atoms with van der Waals surface area (Å²) in [5, 5.41) is 11.4. The molecule has 2 heterocycles. The SMILES string of the molecule is O=C(Nc1cccnc1)c1cc(C(=O)c2c(F)ccc(C(=O)O)c2F)c[nH]1. The van der Waals surface area contributed by atoms with E-state index in [0.717, 1.165) is 18.3 Å². The molecule has 0 unspecified atom stereocenters. The molecule has 0 atom stereocenters. The van der Waals surface area contributed by atoms with Crippen LogP contribution < -0.4 is 5.32 Å². The molecule has 2 aromatic heterocycles. The maximum atomic E-state index is 14.2. The van der Waals surface area contributed by atoms with E-state index < -0.39 is 40.4 Å². The number of H-pyrrole nitrogens is 1. The third-order valence-electron chi connectivity index (χ3n) is 3.66. The molecule has 27 heavy (non-hydrogen) atoms. The molecule has 0 aliphatic carbocycles. The Morgan fingerprint density at radius 1 is 1.15 bits per heavy atom. The minimum absolute atomic E-state index is 0.0302. The average molecular weight is 371 g/mol. The van der Waals surface area contributed by atoms with Crippen molar-refractivity contribution < 1.29 is 28.3 Å². The van der Waals surface area contributed by atoms with Crippen molar-refractivity contribution in [2.24, 2.45) is 0 Å². The molecule has 0 aliphatic heterocycles. The Morgan fingerprint density at radius 3 is 2.59 bits per heavy atom. The summed E-state index contributed by atoms with van der Waals surface area (Å²) in [5.41, 5.74) is -1.65. The van der Waals surface area contributed by atoms with Gasteiger partial charge in [-0.2, -0.15) is 0 Å². The van der Waals surface area contributed by atoms with Crippen molar-refractivity contribution in [2.45, 2.75) is 0 Å². The van der Waals surface area contributed by atoms with Crippen LogP contribution in [0.2, 0.25) is 0 Å². The number of aromatic nitrogens is 2. The molecule has 0 aliphatic rings. The van der Waals surface area contributed by atoms with Gasteiger partial charge in [-0.1, -0.05) is 0 Å². The van der Waals surface area contributed by atoms with Crippen molar-refractivity contribution in [3.05, 3.63) is 82.9 Å². The number of amides is 1. The van der Waals surface area contributed by atoms with E-state index >= 15 is 0 Å². The minimum atomic E-state index is -1.63. The van der Waals surface area contributed by atoms with Crippen LogP contribution >= 0.6 is 0 Å². The summed E-state index contributed by atoms with van der Waals surface area (Å²) < 4.78 is 28.2. The zero-order valence-electron chi connectivity index (χ0n) is 13.5. The van der Waals surface area contributed by atoms with Gasteiger partial charge in [0, 0.05) is 18.0 Å². The van der Waals surface area contributed by atoms with Gasteiger partial charge in [-0.15, -0.1) is 0 Å². The van der Waals surface area contributed by atoms with Crippen molar-refractivity contribution >= 4 is 23.3 Å². The van der Waals surface area contributed by atoms with Gasteiger partial charge in [0.05, 0.1) is 23.0 Å². The number of carbonyl (C=O) groups is 3. The Bertz CT molecular complexity index is 1050. The van der Waals surface area contributed by atoms with Gasteiger partial charge in [0.2, 0.25) is 5.78 Å². The molecule has 0 saturated carbocycles. The largest absolute Gasteiger partial charge is 0.478 e. The van der Waals surface area contributed by atoms with E-state index in [0.29, 0.717) is 11.8 Å². The molecular weight excluding hydrogens is 360 g/mol. The molecule has 1 amide bonds. The zero-order chi connectivity index (χ0) is 19.6. The number of halogens is 2. The quantitative estimate of drug-likeness (QED) is 0.597. The fourth-order valence-electron chi connectivity index (χ4n) is 2.36. The number of pyridine rings is 1. The number of ketones is 1. The van der Waals surface area contributed by atoms with E-state index in [9.17, 15) is 23.2 Å². The van der Waals surface area contributed by atoms with Gasteiger partial charge in [-0.3, -0.25) is 14.6 Å². The molecule has 0 fully saturated rings. The maximum absolute atomic E-state index is 14.2. The topological polar surface area (TPSA) is 112 Å². The number of nitrogens with one attached hydrogen (secondary N) is 2. The number of hydrogen-bond donors (Lipinski definition) is 3. The first kappa shape index (κ1) is 17.9. The van der Waals surface area contributed by atoms with Gasteiger partial charge < -0.3 is 15.4 Å². The molecular formula is C18H11F2N3O4. The summed E-state index contributed by atoms with van der Waals surface area (Å²) in [5.74, 6) is -6.00. The van der Waals surface area contributed by atoms with Crippen LogP contribution in [0, 0.1) is 11.6 Å². The van der Waals surface area contributed by atoms with Crippen molar-refractivity contribution in [2.75, 3.05) is 5.32 Å². The lowest BCUT2D eigenvalue weighted by molar-refractivity contribution is 0.0691. The Morgan fingerprint density at radius 2 is 1.93 bits per heavy atom. The molecule has 0 bridgehead atoms. The van der Waals surface area contributed by atoms with Gasteiger partial charge in [-0.25, -0.2) is 13.6 Å². The number of carbonyl (C=O) groups excluding carboxylic acids is 2. The summed E-state index contributed by atoms with van der Waals surface area (Å²) >= 11 is 0. The van der Waals surface area contributed by atoms with Gasteiger partial charge in [0.1, 0.15) is 11.5 Å². The molecule has 3 rings (SSSR count). The molecule has 7 nitrogen and oxygen atoms in total. The van der Waals surface area contributed by atoms with Crippen molar-refractivity contribution in [1.29, 1.82) is 0 Å². The monoisotopic (exact) mass is 371 g/mol. The van der Waals surface area contributed by atoms with E-state index in [4.69, 9.17) is 5.11 Å². The van der Waals surface area contributed by atoms with Crippen molar-refractivity contribution in [3.63, 3.8) is 0 Å². The van der Waals surface area contributed by atoms with Crippen LogP contribution in [-0.4, -0.2) is 32.7 Å².